The van der Waals surface area contributed by atoms with Gasteiger partial charge in [-0.2, -0.15) is 5.26 Å². The Morgan fingerprint density at radius 2 is 2.41 bits per heavy atom. The van der Waals surface area contributed by atoms with Crippen LogP contribution in [-0.2, 0) is 0 Å². The first-order valence-corrected chi connectivity index (χ1v) is 5.53. The van der Waals surface area contributed by atoms with Crippen molar-refractivity contribution in [3.63, 3.8) is 0 Å². The van der Waals surface area contributed by atoms with Crippen molar-refractivity contribution in [2.45, 2.75) is 13.3 Å². The molecule has 1 N–H and O–H groups in total. The molecule has 90 valence electrons. The van der Waals surface area contributed by atoms with Crippen LogP contribution in [0.15, 0.2) is 18.3 Å². The first kappa shape index (κ1) is 13.0. The second-order valence-electron chi connectivity index (χ2n) is 3.47. The Morgan fingerprint density at radius 3 is 3.00 bits per heavy atom. The minimum Gasteiger partial charge on any atom is -0.388 e. The summed E-state index contributed by atoms with van der Waals surface area (Å²) in [6.45, 7) is 2.90. The van der Waals surface area contributed by atoms with Crippen LogP contribution in [0.3, 0.4) is 0 Å². The Kier molecular flexibility index (Phi) is 4.95. The summed E-state index contributed by atoms with van der Waals surface area (Å²) in [6, 6.07) is 5.53. The molecule has 0 aliphatic carbocycles. The molecule has 0 fully saturated rings. The lowest BCUT2D eigenvalue weighted by atomic mass is 10.2. The highest BCUT2D eigenvalue weighted by Gasteiger charge is 2.15. The number of carbonyl (C=O) groups excluding carboxylic acids is 1. The van der Waals surface area contributed by atoms with Gasteiger partial charge in [-0.1, -0.05) is 0 Å². The van der Waals surface area contributed by atoms with Gasteiger partial charge in [0.1, 0.15) is 5.69 Å². The van der Waals surface area contributed by atoms with E-state index >= 15 is 0 Å². The first-order chi connectivity index (χ1) is 8.22. The van der Waals surface area contributed by atoms with Gasteiger partial charge in [0.15, 0.2) is 0 Å². The maximum atomic E-state index is 12.1. The number of hydrogen-bond donors (Lipinski definition) is 1. The summed E-state index contributed by atoms with van der Waals surface area (Å²) >= 11 is 0. The molecule has 1 amide bonds. The smallest absolute Gasteiger partial charge is 0.272 e. The highest BCUT2D eigenvalue weighted by atomic mass is 16.2. The lowest BCUT2D eigenvalue weighted by Crippen LogP contribution is -2.32. The number of amides is 1. The first-order valence-electron chi connectivity index (χ1n) is 5.53. The van der Waals surface area contributed by atoms with Crippen molar-refractivity contribution in [2.75, 3.05) is 25.5 Å². The van der Waals surface area contributed by atoms with Gasteiger partial charge in [-0.25, -0.2) is 0 Å². The summed E-state index contributed by atoms with van der Waals surface area (Å²) in [5.41, 5.74) is 1.25. The normalized spacial score (nSPS) is 9.47. The predicted octanol–water partition coefficient (Wildman–Crippen LogP) is 1.50. The van der Waals surface area contributed by atoms with Crippen LogP contribution < -0.4 is 5.32 Å². The third-order valence-corrected chi connectivity index (χ3v) is 2.43. The van der Waals surface area contributed by atoms with Crippen molar-refractivity contribution >= 4 is 11.6 Å². The number of aromatic nitrogens is 1. The van der Waals surface area contributed by atoms with E-state index in [0.29, 0.717) is 25.2 Å². The van der Waals surface area contributed by atoms with E-state index in [4.69, 9.17) is 5.26 Å². The average Bonchev–Trinajstić information content (AvgIpc) is 2.39. The molecule has 17 heavy (non-hydrogen) atoms. The van der Waals surface area contributed by atoms with E-state index < -0.39 is 0 Å². The molecule has 0 aliphatic rings. The Labute approximate surface area is 101 Å². The zero-order chi connectivity index (χ0) is 12.7. The van der Waals surface area contributed by atoms with Gasteiger partial charge in [-0.3, -0.25) is 9.78 Å². The fourth-order valence-electron chi connectivity index (χ4n) is 1.45. The lowest BCUT2D eigenvalue weighted by Gasteiger charge is -2.19. The zero-order valence-electron chi connectivity index (χ0n) is 10.1. The summed E-state index contributed by atoms with van der Waals surface area (Å²) in [6.07, 6.45) is 1.93. The molecule has 1 aromatic heterocycles. The number of nitrogens with one attached hydrogen (secondary N) is 1. The van der Waals surface area contributed by atoms with Crippen molar-refractivity contribution in [1.82, 2.24) is 9.88 Å². The van der Waals surface area contributed by atoms with Crippen LogP contribution in [-0.4, -0.2) is 35.9 Å². The molecule has 1 heterocycles. The molecule has 0 bridgehead atoms. The number of carbonyl (C=O) groups is 1. The third kappa shape index (κ3) is 3.45. The SMILES string of the molecule is CCN(CCC#N)C(=O)c1cc(NC)ccn1. The maximum absolute atomic E-state index is 12.1. The van der Waals surface area contributed by atoms with Crippen molar-refractivity contribution in [3.8, 4) is 6.07 Å². The number of nitrogens with zero attached hydrogens (tertiary/aromatic N) is 3. The second-order valence-corrected chi connectivity index (χ2v) is 3.47. The van der Waals surface area contributed by atoms with Crippen LogP contribution in [0.5, 0.6) is 0 Å². The largest absolute Gasteiger partial charge is 0.388 e. The number of anilines is 1. The molecule has 0 aromatic carbocycles. The van der Waals surface area contributed by atoms with E-state index in [1.807, 2.05) is 13.0 Å². The standard InChI is InChI=1S/C12H16N4O/c1-3-16(8-4-6-13)12(17)11-9-10(14-2)5-7-15-11/h5,7,9H,3-4,8H2,1-2H3,(H,14,15). The summed E-state index contributed by atoms with van der Waals surface area (Å²) in [5, 5.41) is 11.5. The van der Waals surface area contributed by atoms with Crippen LogP contribution in [0.25, 0.3) is 0 Å². The summed E-state index contributed by atoms with van der Waals surface area (Å²) < 4.78 is 0. The van der Waals surface area contributed by atoms with Gasteiger partial charge in [0.05, 0.1) is 12.5 Å². The summed E-state index contributed by atoms with van der Waals surface area (Å²) in [5.74, 6) is -0.139. The van der Waals surface area contributed by atoms with E-state index in [9.17, 15) is 4.79 Å². The van der Waals surface area contributed by atoms with Gasteiger partial charge in [0, 0.05) is 32.0 Å². The fraction of sp³-hybridized carbons (Fsp3) is 0.417. The Bertz CT molecular complexity index is 425. The number of rotatable bonds is 5. The van der Waals surface area contributed by atoms with Crippen LogP contribution in [0, 0.1) is 11.3 Å². The topological polar surface area (TPSA) is 69.0 Å². The molecule has 0 radical (unpaired) electrons. The molecule has 0 atom stereocenters. The average molecular weight is 232 g/mol. The molecular weight excluding hydrogens is 216 g/mol. The Morgan fingerprint density at radius 1 is 1.65 bits per heavy atom. The van der Waals surface area contributed by atoms with Crippen molar-refractivity contribution in [2.24, 2.45) is 0 Å². The molecule has 0 saturated heterocycles. The third-order valence-electron chi connectivity index (χ3n) is 2.43. The molecule has 1 rings (SSSR count). The lowest BCUT2D eigenvalue weighted by molar-refractivity contribution is 0.0762. The monoisotopic (exact) mass is 232 g/mol. The van der Waals surface area contributed by atoms with E-state index in [-0.39, 0.29) is 5.91 Å². The molecule has 5 heteroatoms. The quantitative estimate of drug-likeness (QED) is 0.835. The highest BCUT2D eigenvalue weighted by Crippen LogP contribution is 2.09. The van der Waals surface area contributed by atoms with E-state index in [0.717, 1.165) is 5.69 Å². The highest BCUT2D eigenvalue weighted by molar-refractivity contribution is 5.93. The van der Waals surface area contributed by atoms with Gasteiger partial charge < -0.3 is 10.2 Å². The van der Waals surface area contributed by atoms with Crippen molar-refractivity contribution in [1.29, 1.82) is 5.26 Å². The van der Waals surface area contributed by atoms with Gasteiger partial charge in [-0.15, -0.1) is 0 Å². The molecule has 1 aromatic rings. The van der Waals surface area contributed by atoms with Crippen molar-refractivity contribution < 1.29 is 4.79 Å². The fourth-order valence-corrected chi connectivity index (χ4v) is 1.45. The number of hydrogen-bond acceptors (Lipinski definition) is 4. The van der Waals surface area contributed by atoms with E-state index in [1.165, 1.54) is 0 Å². The molecule has 0 saturated carbocycles. The van der Waals surface area contributed by atoms with Crippen LogP contribution >= 0.6 is 0 Å². The zero-order valence-corrected chi connectivity index (χ0v) is 10.1. The van der Waals surface area contributed by atoms with Gasteiger partial charge in [0.25, 0.3) is 5.91 Å². The number of pyridine rings is 1. The van der Waals surface area contributed by atoms with E-state index in [2.05, 4.69) is 10.3 Å². The Balaban J connectivity index is 2.82. The minimum absolute atomic E-state index is 0.139. The summed E-state index contributed by atoms with van der Waals surface area (Å²) in [4.78, 5) is 17.7. The van der Waals surface area contributed by atoms with Crippen LogP contribution in [0.2, 0.25) is 0 Å². The minimum atomic E-state index is -0.139. The van der Waals surface area contributed by atoms with Gasteiger partial charge in [0.2, 0.25) is 0 Å². The molecule has 0 aliphatic heterocycles. The summed E-state index contributed by atoms with van der Waals surface area (Å²) in [7, 11) is 1.79. The molecule has 0 unspecified atom stereocenters. The number of nitriles is 1. The Hall–Kier alpha value is -2.09. The predicted molar refractivity (Wildman–Crippen MR) is 65.6 cm³/mol. The molecule has 5 nitrogen and oxygen atoms in total. The van der Waals surface area contributed by atoms with E-state index in [1.54, 1.807) is 30.3 Å². The molecular formula is C12H16N4O. The maximum Gasteiger partial charge on any atom is 0.272 e. The van der Waals surface area contributed by atoms with Gasteiger partial charge in [-0.05, 0) is 19.1 Å². The van der Waals surface area contributed by atoms with Crippen LogP contribution in [0.1, 0.15) is 23.8 Å². The van der Waals surface area contributed by atoms with Crippen molar-refractivity contribution in [3.05, 3.63) is 24.0 Å². The van der Waals surface area contributed by atoms with Gasteiger partial charge >= 0.3 is 0 Å². The second kappa shape index (κ2) is 6.48. The molecule has 0 spiro atoms. The van der Waals surface area contributed by atoms with Crippen LogP contribution in [0.4, 0.5) is 5.69 Å².